The van der Waals surface area contributed by atoms with E-state index in [9.17, 15) is 0 Å². The van der Waals surface area contributed by atoms with Crippen LogP contribution in [0.25, 0.3) is 0 Å². The lowest BCUT2D eigenvalue weighted by molar-refractivity contribution is -0.150. The van der Waals surface area contributed by atoms with Gasteiger partial charge in [-0.25, -0.2) is 0 Å². The van der Waals surface area contributed by atoms with E-state index in [1.54, 1.807) is 0 Å². The SMILES string of the molecule is CCCOCCC(NC)C1CCOC2(CCOCC2)C1. The van der Waals surface area contributed by atoms with E-state index >= 15 is 0 Å². The van der Waals surface area contributed by atoms with Gasteiger partial charge in [0.05, 0.1) is 5.60 Å². The molecule has 2 unspecified atom stereocenters. The number of hydrogen-bond acceptors (Lipinski definition) is 4. The van der Waals surface area contributed by atoms with Crippen molar-refractivity contribution >= 4 is 0 Å². The van der Waals surface area contributed by atoms with Crippen molar-refractivity contribution in [3.8, 4) is 0 Å². The molecular weight excluding hydrogens is 254 g/mol. The lowest BCUT2D eigenvalue weighted by atomic mass is 9.77. The highest BCUT2D eigenvalue weighted by atomic mass is 16.5. The van der Waals surface area contributed by atoms with E-state index in [0.29, 0.717) is 12.0 Å². The van der Waals surface area contributed by atoms with Crippen LogP contribution in [0, 0.1) is 5.92 Å². The first kappa shape index (κ1) is 16.2. The first-order valence-electron chi connectivity index (χ1n) is 8.26. The van der Waals surface area contributed by atoms with Crippen LogP contribution in [-0.2, 0) is 14.2 Å². The zero-order chi connectivity index (χ0) is 14.3. The normalized spacial score (nSPS) is 27.6. The highest BCUT2D eigenvalue weighted by Crippen LogP contribution is 2.38. The Kier molecular flexibility index (Phi) is 6.75. The van der Waals surface area contributed by atoms with E-state index < -0.39 is 0 Å². The van der Waals surface area contributed by atoms with Crippen molar-refractivity contribution in [1.82, 2.24) is 5.32 Å². The van der Waals surface area contributed by atoms with E-state index in [4.69, 9.17) is 14.2 Å². The summed E-state index contributed by atoms with van der Waals surface area (Å²) in [6.45, 7) is 6.52. The quantitative estimate of drug-likeness (QED) is 0.729. The van der Waals surface area contributed by atoms with E-state index in [1.165, 1.54) is 12.8 Å². The van der Waals surface area contributed by atoms with Crippen LogP contribution in [-0.4, -0.2) is 51.7 Å². The summed E-state index contributed by atoms with van der Waals surface area (Å²) in [5.74, 6) is 0.706. The maximum Gasteiger partial charge on any atom is 0.0729 e. The summed E-state index contributed by atoms with van der Waals surface area (Å²) in [7, 11) is 2.08. The molecule has 1 N–H and O–H groups in total. The predicted octanol–water partition coefficient (Wildman–Crippen LogP) is 2.37. The third-order valence-electron chi connectivity index (χ3n) is 4.80. The van der Waals surface area contributed by atoms with E-state index in [0.717, 1.165) is 58.7 Å². The topological polar surface area (TPSA) is 39.7 Å². The van der Waals surface area contributed by atoms with Gasteiger partial charge in [-0.15, -0.1) is 0 Å². The molecule has 4 nitrogen and oxygen atoms in total. The van der Waals surface area contributed by atoms with Crippen LogP contribution in [0.4, 0.5) is 0 Å². The standard InChI is InChI=1S/C16H31NO3/c1-3-8-18-9-5-15(17-2)14-4-10-20-16(13-14)6-11-19-12-7-16/h14-15,17H,3-13H2,1-2H3. The summed E-state index contributed by atoms with van der Waals surface area (Å²) in [5, 5.41) is 3.50. The van der Waals surface area contributed by atoms with E-state index in [2.05, 4.69) is 19.3 Å². The second kappa shape index (κ2) is 8.32. The second-order valence-electron chi connectivity index (χ2n) is 6.19. The van der Waals surface area contributed by atoms with Crippen molar-refractivity contribution in [2.75, 3.05) is 40.1 Å². The Morgan fingerprint density at radius 3 is 2.75 bits per heavy atom. The number of rotatable bonds is 7. The predicted molar refractivity (Wildman–Crippen MR) is 80.0 cm³/mol. The lowest BCUT2D eigenvalue weighted by Crippen LogP contribution is -2.49. The highest BCUT2D eigenvalue weighted by Gasteiger charge is 2.40. The van der Waals surface area contributed by atoms with Gasteiger partial charge in [0, 0.05) is 39.1 Å². The number of hydrogen-bond donors (Lipinski definition) is 1. The summed E-state index contributed by atoms with van der Waals surface area (Å²) >= 11 is 0. The van der Waals surface area contributed by atoms with E-state index in [-0.39, 0.29) is 5.60 Å². The average Bonchev–Trinajstić information content (AvgIpc) is 2.48. The van der Waals surface area contributed by atoms with Crippen LogP contribution in [0.3, 0.4) is 0 Å². The van der Waals surface area contributed by atoms with Gasteiger partial charge in [-0.3, -0.25) is 0 Å². The number of nitrogens with one attached hydrogen (secondary N) is 1. The second-order valence-corrected chi connectivity index (χ2v) is 6.19. The smallest absolute Gasteiger partial charge is 0.0729 e. The summed E-state index contributed by atoms with van der Waals surface area (Å²) < 4.78 is 17.3. The Labute approximate surface area is 123 Å². The lowest BCUT2D eigenvalue weighted by Gasteiger charge is -2.45. The van der Waals surface area contributed by atoms with Crippen LogP contribution in [0.15, 0.2) is 0 Å². The van der Waals surface area contributed by atoms with Crippen LogP contribution in [0.2, 0.25) is 0 Å². The largest absolute Gasteiger partial charge is 0.381 e. The Hall–Kier alpha value is -0.160. The fourth-order valence-electron chi connectivity index (χ4n) is 3.57. The Balaban J connectivity index is 1.82. The first-order chi connectivity index (χ1) is 9.79. The minimum absolute atomic E-state index is 0.0978. The molecule has 2 aliphatic heterocycles. The fraction of sp³-hybridized carbons (Fsp3) is 1.00. The maximum atomic E-state index is 6.14. The molecule has 2 fully saturated rings. The van der Waals surface area contributed by atoms with Crippen LogP contribution >= 0.6 is 0 Å². The van der Waals surface area contributed by atoms with E-state index in [1.807, 2.05) is 0 Å². The van der Waals surface area contributed by atoms with Gasteiger partial charge in [-0.2, -0.15) is 0 Å². The fourth-order valence-corrected chi connectivity index (χ4v) is 3.57. The van der Waals surface area contributed by atoms with Crippen molar-refractivity contribution in [1.29, 1.82) is 0 Å². The van der Waals surface area contributed by atoms with Gasteiger partial charge in [-0.1, -0.05) is 6.92 Å². The van der Waals surface area contributed by atoms with Gasteiger partial charge in [0.2, 0.25) is 0 Å². The third-order valence-corrected chi connectivity index (χ3v) is 4.80. The Morgan fingerprint density at radius 1 is 1.25 bits per heavy atom. The number of ether oxygens (including phenoxy) is 3. The van der Waals surface area contributed by atoms with Gasteiger partial charge in [-0.05, 0) is 51.5 Å². The Bertz CT molecular complexity index is 261. The monoisotopic (exact) mass is 285 g/mol. The van der Waals surface area contributed by atoms with Crippen molar-refractivity contribution in [2.24, 2.45) is 5.92 Å². The maximum absolute atomic E-state index is 6.14. The zero-order valence-electron chi connectivity index (χ0n) is 13.2. The van der Waals surface area contributed by atoms with Crippen molar-refractivity contribution < 1.29 is 14.2 Å². The van der Waals surface area contributed by atoms with Crippen molar-refractivity contribution in [3.63, 3.8) is 0 Å². The third kappa shape index (κ3) is 4.42. The Morgan fingerprint density at radius 2 is 2.05 bits per heavy atom. The van der Waals surface area contributed by atoms with Crippen molar-refractivity contribution in [2.45, 2.75) is 57.1 Å². The van der Waals surface area contributed by atoms with Crippen LogP contribution < -0.4 is 5.32 Å². The molecule has 0 aromatic rings. The molecule has 2 heterocycles. The molecule has 0 bridgehead atoms. The van der Waals surface area contributed by atoms with Gasteiger partial charge in [0.15, 0.2) is 0 Å². The molecule has 0 saturated carbocycles. The molecule has 1 spiro atoms. The zero-order valence-corrected chi connectivity index (χ0v) is 13.2. The van der Waals surface area contributed by atoms with Crippen LogP contribution in [0.1, 0.15) is 45.4 Å². The van der Waals surface area contributed by atoms with Gasteiger partial charge < -0.3 is 19.5 Å². The van der Waals surface area contributed by atoms with Crippen LogP contribution in [0.5, 0.6) is 0 Å². The minimum atomic E-state index is 0.0978. The molecular formula is C16H31NO3. The summed E-state index contributed by atoms with van der Waals surface area (Å²) in [6, 6.07) is 0.551. The minimum Gasteiger partial charge on any atom is -0.381 e. The highest BCUT2D eigenvalue weighted by molar-refractivity contribution is 4.92. The molecule has 0 aliphatic carbocycles. The average molecular weight is 285 g/mol. The summed E-state index contributed by atoms with van der Waals surface area (Å²) in [5.41, 5.74) is 0.0978. The molecule has 4 heteroatoms. The molecule has 20 heavy (non-hydrogen) atoms. The molecule has 2 aliphatic rings. The molecule has 0 amide bonds. The van der Waals surface area contributed by atoms with Gasteiger partial charge in [0.25, 0.3) is 0 Å². The van der Waals surface area contributed by atoms with Gasteiger partial charge >= 0.3 is 0 Å². The molecule has 118 valence electrons. The molecule has 2 saturated heterocycles. The molecule has 0 aromatic carbocycles. The summed E-state index contributed by atoms with van der Waals surface area (Å²) in [4.78, 5) is 0. The molecule has 0 radical (unpaired) electrons. The summed E-state index contributed by atoms with van der Waals surface area (Å²) in [6.07, 6.45) is 6.68. The molecule has 2 atom stereocenters. The first-order valence-corrected chi connectivity index (χ1v) is 8.26. The van der Waals surface area contributed by atoms with Crippen molar-refractivity contribution in [3.05, 3.63) is 0 Å². The van der Waals surface area contributed by atoms with Gasteiger partial charge in [0.1, 0.15) is 0 Å². The molecule has 0 aromatic heterocycles. The molecule has 2 rings (SSSR count).